The zero-order chi connectivity index (χ0) is 16.8. The molecule has 0 aliphatic heterocycles. The predicted octanol–water partition coefficient (Wildman–Crippen LogP) is 4.10. The third kappa shape index (κ3) is 3.87. The zero-order valence-electron chi connectivity index (χ0n) is 14.0. The summed E-state index contributed by atoms with van der Waals surface area (Å²) in [6.07, 6.45) is 4.50. The van der Waals surface area contributed by atoms with Crippen LogP contribution in [0, 0.1) is 6.92 Å². The van der Waals surface area contributed by atoms with E-state index in [0.717, 1.165) is 23.6 Å². The molecular weight excluding hydrogens is 298 g/mol. The van der Waals surface area contributed by atoms with Gasteiger partial charge in [0.1, 0.15) is 5.82 Å². The summed E-state index contributed by atoms with van der Waals surface area (Å²) in [5.74, 6) is 1.36. The lowest BCUT2D eigenvalue weighted by atomic mass is 10.1. The molecule has 3 rings (SSSR count). The van der Waals surface area contributed by atoms with Gasteiger partial charge >= 0.3 is 0 Å². The fraction of sp³-hybridized carbons (Fsp3) is 0.211. The van der Waals surface area contributed by atoms with Gasteiger partial charge in [-0.25, -0.2) is 4.98 Å². The summed E-state index contributed by atoms with van der Waals surface area (Å²) in [6, 6.07) is 14.0. The van der Waals surface area contributed by atoms with E-state index in [-0.39, 0.29) is 0 Å². The SMILES string of the molecule is CCc1cccc(C)c1Nc1ccnc(NCc2ccccn2)n1. The summed E-state index contributed by atoms with van der Waals surface area (Å²) in [5, 5.41) is 6.63. The fourth-order valence-corrected chi connectivity index (χ4v) is 2.52. The molecule has 0 bridgehead atoms. The molecule has 1 aromatic carbocycles. The highest BCUT2D eigenvalue weighted by atomic mass is 15.1. The Bertz CT molecular complexity index is 802. The van der Waals surface area contributed by atoms with Crippen LogP contribution in [0.15, 0.2) is 54.9 Å². The van der Waals surface area contributed by atoms with Crippen LogP contribution < -0.4 is 10.6 Å². The molecule has 24 heavy (non-hydrogen) atoms. The highest BCUT2D eigenvalue weighted by Crippen LogP contribution is 2.24. The van der Waals surface area contributed by atoms with Gasteiger partial charge in [0.15, 0.2) is 0 Å². The molecule has 0 fully saturated rings. The number of benzene rings is 1. The first-order chi connectivity index (χ1) is 11.8. The van der Waals surface area contributed by atoms with Gasteiger partial charge in [-0.1, -0.05) is 31.2 Å². The number of rotatable bonds is 6. The second-order valence-corrected chi connectivity index (χ2v) is 5.53. The van der Waals surface area contributed by atoms with E-state index in [1.165, 1.54) is 11.1 Å². The second-order valence-electron chi connectivity index (χ2n) is 5.53. The average molecular weight is 319 g/mol. The number of hydrogen-bond donors (Lipinski definition) is 2. The molecule has 0 spiro atoms. The molecule has 5 heteroatoms. The van der Waals surface area contributed by atoms with E-state index < -0.39 is 0 Å². The minimum absolute atomic E-state index is 0.581. The summed E-state index contributed by atoms with van der Waals surface area (Å²) >= 11 is 0. The molecule has 0 aliphatic rings. The minimum atomic E-state index is 0.581. The van der Waals surface area contributed by atoms with E-state index in [1.807, 2.05) is 24.3 Å². The lowest BCUT2D eigenvalue weighted by Crippen LogP contribution is -2.06. The Hall–Kier alpha value is -2.95. The molecule has 0 amide bonds. The van der Waals surface area contributed by atoms with Crippen LogP contribution in [0.3, 0.4) is 0 Å². The van der Waals surface area contributed by atoms with E-state index in [0.29, 0.717) is 12.5 Å². The monoisotopic (exact) mass is 319 g/mol. The predicted molar refractivity (Wildman–Crippen MR) is 97.4 cm³/mol. The van der Waals surface area contributed by atoms with Crippen molar-refractivity contribution in [2.75, 3.05) is 10.6 Å². The largest absolute Gasteiger partial charge is 0.349 e. The van der Waals surface area contributed by atoms with Crippen molar-refractivity contribution in [1.29, 1.82) is 0 Å². The maximum absolute atomic E-state index is 4.54. The minimum Gasteiger partial charge on any atom is -0.349 e. The Morgan fingerprint density at radius 2 is 1.88 bits per heavy atom. The van der Waals surface area contributed by atoms with Gasteiger partial charge in [-0.3, -0.25) is 4.98 Å². The molecule has 2 heterocycles. The fourth-order valence-electron chi connectivity index (χ4n) is 2.52. The molecule has 5 nitrogen and oxygen atoms in total. The van der Waals surface area contributed by atoms with Crippen LogP contribution in [0.1, 0.15) is 23.7 Å². The molecular formula is C19H21N5. The third-order valence-corrected chi connectivity index (χ3v) is 3.80. The van der Waals surface area contributed by atoms with Crippen molar-refractivity contribution in [1.82, 2.24) is 15.0 Å². The number of aryl methyl sites for hydroxylation is 2. The van der Waals surface area contributed by atoms with Crippen molar-refractivity contribution >= 4 is 17.5 Å². The van der Waals surface area contributed by atoms with Gasteiger partial charge < -0.3 is 10.6 Å². The lowest BCUT2D eigenvalue weighted by molar-refractivity contribution is 1.00. The Morgan fingerprint density at radius 1 is 0.958 bits per heavy atom. The van der Waals surface area contributed by atoms with Crippen LogP contribution in [0.2, 0.25) is 0 Å². The summed E-state index contributed by atoms with van der Waals surface area (Å²) in [5.41, 5.74) is 4.55. The molecule has 0 unspecified atom stereocenters. The Labute approximate surface area is 142 Å². The number of pyridine rings is 1. The van der Waals surface area contributed by atoms with Crippen LogP contribution in [0.25, 0.3) is 0 Å². The Balaban J connectivity index is 1.74. The van der Waals surface area contributed by atoms with Crippen LogP contribution >= 0.6 is 0 Å². The van der Waals surface area contributed by atoms with Crippen molar-refractivity contribution in [2.45, 2.75) is 26.8 Å². The van der Waals surface area contributed by atoms with E-state index >= 15 is 0 Å². The Morgan fingerprint density at radius 3 is 2.67 bits per heavy atom. The first kappa shape index (κ1) is 15.9. The number of hydrogen-bond acceptors (Lipinski definition) is 5. The van der Waals surface area contributed by atoms with Crippen molar-refractivity contribution in [2.24, 2.45) is 0 Å². The summed E-state index contributed by atoms with van der Waals surface area (Å²) in [6.45, 7) is 4.84. The highest BCUT2D eigenvalue weighted by molar-refractivity contribution is 5.65. The third-order valence-electron chi connectivity index (χ3n) is 3.80. The van der Waals surface area contributed by atoms with Gasteiger partial charge in [-0.2, -0.15) is 4.98 Å². The van der Waals surface area contributed by atoms with E-state index in [2.05, 4.69) is 57.6 Å². The molecule has 122 valence electrons. The molecule has 2 aromatic heterocycles. The number of anilines is 3. The van der Waals surface area contributed by atoms with E-state index in [9.17, 15) is 0 Å². The molecule has 2 N–H and O–H groups in total. The van der Waals surface area contributed by atoms with Crippen molar-refractivity contribution in [3.05, 3.63) is 71.7 Å². The standard InChI is InChI=1S/C19H21N5/c1-3-15-8-6-7-14(2)18(15)23-17-10-12-21-19(24-17)22-13-16-9-4-5-11-20-16/h4-12H,3,13H2,1-2H3,(H2,21,22,23,24). The lowest BCUT2D eigenvalue weighted by Gasteiger charge is -2.14. The van der Waals surface area contributed by atoms with Crippen molar-refractivity contribution in [3.8, 4) is 0 Å². The topological polar surface area (TPSA) is 62.7 Å². The highest BCUT2D eigenvalue weighted by Gasteiger charge is 2.06. The van der Waals surface area contributed by atoms with Crippen LogP contribution in [-0.2, 0) is 13.0 Å². The number of nitrogens with one attached hydrogen (secondary N) is 2. The van der Waals surface area contributed by atoms with Crippen LogP contribution in [-0.4, -0.2) is 15.0 Å². The van der Waals surface area contributed by atoms with Gasteiger partial charge in [0.25, 0.3) is 0 Å². The molecule has 0 saturated heterocycles. The summed E-state index contributed by atoms with van der Waals surface area (Å²) in [4.78, 5) is 13.1. The first-order valence-corrected chi connectivity index (χ1v) is 8.08. The number of para-hydroxylation sites is 1. The van der Waals surface area contributed by atoms with Crippen molar-refractivity contribution in [3.63, 3.8) is 0 Å². The zero-order valence-corrected chi connectivity index (χ0v) is 14.0. The maximum Gasteiger partial charge on any atom is 0.224 e. The first-order valence-electron chi connectivity index (χ1n) is 8.08. The van der Waals surface area contributed by atoms with E-state index in [4.69, 9.17) is 0 Å². The van der Waals surface area contributed by atoms with Gasteiger partial charge in [0, 0.05) is 18.1 Å². The second kappa shape index (κ2) is 7.55. The summed E-state index contributed by atoms with van der Waals surface area (Å²) < 4.78 is 0. The van der Waals surface area contributed by atoms with Gasteiger partial charge in [-0.05, 0) is 42.7 Å². The molecule has 3 aromatic rings. The van der Waals surface area contributed by atoms with Crippen LogP contribution in [0.4, 0.5) is 17.5 Å². The van der Waals surface area contributed by atoms with Gasteiger partial charge in [0.05, 0.1) is 12.2 Å². The molecule has 0 saturated carbocycles. The van der Waals surface area contributed by atoms with Crippen LogP contribution in [0.5, 0.6) is 0 Å². The molecule has 0 atom stereocenters. The Kier molecular flexibility index (Phi) is 5.01. The average Bonchev–Trinajstić information content (AvgIpc) is 2.63. The van der Waals surface area contributed by atoms with Gasteiger partial charge in [-0.15, -0.1) is 0 Å². The normalized spacial score (nSPS) is 10.4. The maximum atomic E-state index is 4.54. The van der Waals surface area contributed by atoms with Crippen molar-refractivity contribution < 1.29 is 0 Å². The summed E-state index contributed by atoms with van der Waals surface area (Å²) in [7, 11) is 0. The quantitative estimate of drug-likeness (QED) is 0.716. The number of aromatic nitrogens is 3. The number of nitrogens with zero attached hydrogens (tertiary/aromatic N) is 3. The molecule has 0 radical (unpaired) electrons. The van der Waals surface area contributed by atoms with Gasteiger partial charge in [0.2, 0.25) is 5.95 Å². The smallest absolute Gasteiger partial charge is 0.224 e. The molecule has 0 aliphatic carbocycles. The van der Waals surface area contributed by atoms with E-state index in [1.54, 1.807) is 12.4 Å².